The van der Waals surface area contributed by atoms with Crippen LogP contribution >= 0.6 is 11.6 Å². The highest BCUT2D eigenvalue weighted by molar-refractivity contribution is 6.32. The van der Waals surface area contributed by atoms with Crippen molar-refractivity contribution in [3.8, 4) is 0 Å². The lowest BCUT2D eigenvalue weighted by Crippen LogP contribution is -2.59. The molecule has 7 heteroatoms. The van der Waals surface area contributed by atoms with E-state index in [9.17, 15) is 4.79 Å². The number of piperazine rings is 1. The minimum absolute atomic E-state index is 0.00429. The van der Waals surface area contributed by atoms with Crippen LogP contribution < -0.4 is 4.90 Å². The molecule has 2 unspecified atom stereocenters. The fourth-order valence-electron chi connectivity index (χ4n) is 2.71. The normalized spacial score (nSPS) is 22.6. The molecule has 1 aliphatic heterocycles. The number of hydrogen-bond acceptors (Lipinski definition) is 5. The van der Waals surface area contributed by atoms with E-state index >= 15 is 0 Å². The van der Waals surface area contributed by atoms with Crippen molar-refractivity contribution in [2.24, 2.45) is 0 Å². The summed E-state index contributed by atoms with van der Waals surface area (Å²) in [6.45, 7) is 10.9. The van der Waals surface area contributed by atoms with Crippen LogP contribution in [0.15, 0.2) is 12.5 Å². The Labute approximate surface area is 136 Å². The van der Waals surface area contributed by atoms with Gasteiger partial charge < -0.3 is 9.64 Å². The van der Waals surface area contributed by atoms with E-state index in [1.807, 2.05) is 34.6 Å². The van der Waals surface area contributed by atoms with Crippen LogP contribution in [0.4, 0.5) is 10.6 Å². The van der Waals surface area contributed by atoms with Gasteiger partial charge >= 0.3 is 6.09 Å². The number of nitrogens with zero attached hydrogens (tertiary/aromatic N) is 4. The topological polar surface area (TPSA) is 58.6 Å². The summed E-state index contributed by atoms with van der Waals surface area (Å²) < 4.78 is 5.50. The number of carbonyl (C=O) groups excluding carboxylic acids is 1. The molecule has 0 N–H and O–H groups in total. The second-order valence-corrected chi connectivity index (χ2v) is 7.09. The maximum absolute atomic E-state index is 12.4. The quantitative estimate of drug-likeness (QED) is 0.794. The molecule has 0 aliphatic carbocycles. The van der Waals surface area contributed by atoms with Gasteiger partial charge in [0, 0.05) is 13.1 Å². The van der Waals surface area contributed by atoms with Gasteiger partial charge in [-0.2, -0.15) is 0 Å². The molecule has 0 saturated carbocycles. The Bertz CT molecular complexity index is 535. The lowest BCUT2D eigenvalue weighted by Gasteiger charge is -2.44. The molecule has 0 radical (unpaired) electrons. The largest absolute Gasteiger partial charge is 0.444 e. The average Bonchev–Trinajstić information content (AvgIpc) is 2.36. The summed E-state index contributed by atoms with van der Waals surface area (Å²) in [7, 11) is 0. The molecule has 0 aromatic carbocycles. The Morgan fingerprint density at radius 3 is 2.41 bits per heavy atom. The van der Waals surface area contributed by atoms with Gasteiger partial charge in [-0.3, -0.25) is 4.90 Å². The third kappa shape index (κ3) is 3.80. The van der Waals surface area contributed by atoms with Gasteiger partial charge in [0.2, 0.25) is 0 Å². The molecule has 1 aliphatic rings. The molecular formula is C15H23ClN4O2. The minimum Gasteiger partial charge on any atom is -0.444 e. The molecule has 1 saturated heterocycles. The molecule has 0 bridgehead atoms. The van der Waals surface area contributed by atoms with Crippen molar-refractivity contribution in [3.05, 3.63) is 17.5 Å². The zero-order chi connectivity index (χ0) is 16.5. The van der Waals surface area contributed by atoms with Crippen LogP contribution in [0.3, 0.4) is 0 Å². The minimum atomic E-state index is -0.496. The second kappa shape index (κ2) is 6.28. The van der Waals surface area contributed by atoms with E-state index < -0.39 is 5.60 Å². The third-order valence-corrected chi connectivity index (χ3v) is 3.74. The number of halogens is 1. The van der Waals surface area contributed by atoms with Crippen molar-refractivity contribution >= 4 is 23.5 Å². The van der Waals surface area contributed by atoms with E-state index in [1.165, 1.54) is 6.33 Å². The zero-order valence-electron chi connectivity index (χ0n) is 13.7. The molecule has 1 fully saturated rings. The van der Waals surface area contributed by atoms with Crippen LogP contribution in [-0.4, -0.2) is 51.7 Å². The van der Waals surface area contributed by atoms with Gasteiger partial charge in [-0.15, -0.1) is 0 Å². The van der Waals surface area contributed by atoms with Gasteiger partial charge in [0.1, 0.15) is 17.0 Å². The summed E-state index contributed by atoms with van der Waals surface area (Å²) in [6.07, 6.45) is 2.79. The Balaban J connectivity index is 2.12. The van der Waals surface area contributed by atoms with E-state index in [1.54, 1.807) is 11.1 Å². The van der Waals surface area contributed by atoms with Crippen LogP contribution in [0.1, 0.15) is 34.6 Å². The van der Waals surface area contributed by atoms with E-state index in [-0.39, 0.29) is 18.2 Å². The lowest BCUT2D eigenvalue weighted by atomic mass is 10.1. The van der Waals surface area contributed by atoms with Crippen molar-refractivity contribution in [3.63, 3.8) is 0 Å². The first-order valence-electron chi connectivity index (χ1n) is 7.41. The maximum Gasteiger partial charge on any atom is 0.410 e. The van der Waals surface area contributed by atoms with Gasteiger partial charge in [0.15, 0.2) is 5.82 Å². The van der Waals surface area contributed by atoms with Crippen LogP contribution in [0, 0.1) is 0 Å². The fourth-order valence-corrected chi connectivity index (χ4v) is 2.93. The Kier molecular flexibility index (Phi) is 4.80. The molecule has 1 aromatic heterocycles. The third-order valence-electron chi connectivity index (χ3n) is 3.47. The number of amides is 1. The van der Waals surface area contributed by atoms with E-state index in [4.69, 9.17) is 16.3 Å². The summed E-state index contributed by atoms with van der Waals surface area (Å²) in [4.78, 5) is 24.4. The number of aromatic nitrogens is 2. The molecule has 122 valence electrons. The van der Waals surface area contributed by atoms with Gasteiger partial charge in [0.05, 0.1) is 18.3 Å². The standard InChI is InChI=1S/C15H23ClN4O2/c1-10-7-19(13-12(16)6-17-9-18-13)8-11(2)20(10)14(21)22-15(3,4)5/h6,9-11H,7-8H2,1-5H3. The predicted octanol–water partition coefficient (Wildman–Crippen LogP) is 2.96. The molecule has 1 aromatic rings. The molecular weight excluding hydrogens is 304 g/mol. The zero-order valence-corrected chi connectivity index (χ0v) is 14.5. The Morgan fingerprint density at radius 1 is 1.32 bits per heavy atom. The second-order valence-electron chi connectivity index (χ2n) is 6.68. The average molecular weight is 327 g/mol. The molecule has 2 rings (SSSR count). The van der Waals surface area contributed by atoms with E-state index in [0.717, 1.165) is 0 Å². The number of ether oxygens (including phenoxy) is 1. The summed E-state index contributed by atoms with van der Waals surface area (Å²) >= 11 is 6.17. The van der Waals surface area contributed by atoms with Crippen molar-refractivity contribution in [1.29, 1.82) is 0 Å². The van der Waals surface area contributed by atoms with E-state index in [0.29, 0.717) is 23.9 Å². The van der Waals surface area contributed by atoms with Gasteiger partial charge in [-0.1, -0.05) is 11.6 Å². The molecule has 22 heavy (non-hydrogen) atoms. The first-order chi connectivity index (χ1) is 10.2. The first kappa shape index (κ1) is 16.8. The lowest BCUT2D eigenvalue weighted by molar-refractivity contribution is 0.00561. The Morgan fingerprint density at radius 2 is 1.91 bits per heavy atom. The van der Waals surface area contributed by atoms with E-state index in [2.05, 4.69) is 14.9 Å². The molecule has 0 spiro atoms. The number of hydrogen-bond donors (Lipinski definition) is 0. The van der Waals surface area contributed by atoms with Crippen molar-refractivity contribution < 1.29 is 9.53 Å². The predicted molar refractivity (Wildman–Crippen MR) is 86.3 cm³/mol. The van der Waals surface area contributed by atoms with Gasteiger partial charge in [0.25, 0.3) is 0 Å². The number of anilines is 1. The molecule has 2 atom stereocenters. The van der Waals surface area contributed by atoms with Crippen molar-refractivity contribution in [2.45, 2.75) is 52.3 Å². The van der Waals surface area contributed by atoms with Crippen molar-refractivity contribution in [1.82, 2.24) is 14.9 Å². The highest BCUT2D eigenvalue weighted by Gasteiger charge is 2.36. The highest BCUT2D eigenvalue weighted by Crippen LogP contribution is 2.27. The summed E-state index contributed by atoms with van der Waals surface area (Å²) in [6, 6.07) is 0.00858. The molecule has 2 heterocycles. The summed E-state index contributed by atoms with van der Waals surface area (Å²) in [5.41, 5.74) is -0.496. The summed E-state index contributed by atoms with van der Waals surface area (Å²) in [5, 5.41) is 0.521. The number of carbonyl (C=O) groups is 1. The fraction of sp³-hybridized carbons (Fsp3) is 0.667. The molecule has 1 amide bonds. The van der Waals surface area contributed by atoms with Crippen molar-refractivity contribution in [2.75, 3.05) is 18.0 Å². The smallest absolute Gasteiger partial charge is 0.410 e. The van der Waals surface area contributed by atoms with Crippen LogP contribution in [-0.2, 0) is 4.74 Å². The maximum atomic E-state index is 12.4. The highest BCUT2D eigenvalue weighted by atomic mass is 35.5. The monoisotopic (exact) mass is 326 g/mol. The van der Waals surface area contributed by atoms with Gasteiger partial charge in [-0.05, 0) is 34.6 Å². The van der Waals surface area contributed by atoms with Crippen LogP contribution in [0.2, 0.25) is 5.02 Å². The number of rotatable bonds is 1. The van der Waals surface area contributed by atoms with Crippen LogP contribution in [0.25, 0.3) is 0 Å². The Hall–Kier alpha value is -1.56. The first-order valence-corrected chi connectivity index (χ1v) is 7.78. The summed E-state index contributed by atoms with van der Waals surface area (Å²) in [5.74, 6) is 0.708. The molecule has 6 nitrogen and oxygen atoms in total. The van der Waals surface area contributed by atoms with Gasteiger partial charge in [-0.25, -0.2) is 14.8 Å². The van der Waals surface area contributed by atoms with Crippen LogP contribution in [0.5, 0.6) is 0 Å². The SMILES string of the molecule is CC1CN(c2ncncc2Cl)CC(C)N1C(=O)OC(C)(C)C.